The Balaban J connectivity index is 5.22. The van der Waals surface area contributed by atoms with Crippen LogP contribution in [-0.4, -0.2) is 96.7 Å². The summed E-state index contributed by atoms with van der Waals surface area (Å²) in [5, 5.41) is 10.7. The van der Waals surface area contributed by atoms with Crippen molar-refractivity contribution in [3.8, 4) is 0 Å². The molecule has 0 bridgehead atoms. The molecule has 0 fully saturated rings. The quantitative estimate of drug-likeness (QED) is 0.0222. The van der Waals surface area contributed by atoms with Gasteiger partial charge in [0, 0.05) is 25.7 Å². The standard InChI is InChI=1S/C89H174O17P2/c1-9-82(8)68-60-52-47-48-54-62-70-87(92)100-76-85(106-89(94)72-64-55-45-39-33-27-20-13-11-10-12-17-23-29-35-41-49-57-65-79(2)3)78-104-108(97,98)102-74-83(90)73-101-107(95,96)103-77-84(75-99-86(91)69-61-53-44-38-32-26-22-16-19-25-31-37-43-51-59-67-81(6)7)105-88(93)71-63-56-46-40-34-28-21-15-14-18-24-30-36-42-50-58-66-80(4)5/h79-85,90H,9-78H2,1-8H3,(H,95,96)(H,97,98)/t82?,83-,84-,85-/m1/s1. The highest BCUT2D eigenvalue weighted by molar-refractivity contribution is 7.47. The van der Waals surface area contributed by atoms with Gasteiger partial charge in [-0.05, 0) is 49.4 Å². The molecule has 0 saturated carbocycles. The van der Waals surface area contributed by atoms with E-state index >= 15 is 0 Å². The second-order valence-electron chi connectivity index (χ2n) is 33.7. The summed E-state index contributed by atoms with van der Waals surface area (Å²) in [5.74, 6) is 1.06. The van der Waals surface area contributed by atoms with E-state index in [1.165, 1.54) is 263 Å². The Kier molecular flexibility index (Phi) is 76.2. The molecule has 0 amide bonds. The van der Waals surface area contributed by atoms with Gasteiger partial charge in [0.05, 0.1) is 26.4 Å². The van der Waals surface area contributed by atoms with Crippen LogP contribution in [0.1, 0.15) is 466 Å². The molecule has 642 valence electrons. The normalized spacial score (nSPS) is 14.1. The van der Waals surface area contributed by atoms with Crippen molar-refractivity contribution in [3.05, 3.63) is 0 Å². The van der Waals surface area contributed by atoms with Crippen molar-refractivity contribution in [1.29, 1.82) is 0 Å². The van der Waals surface area contributed by atoms with Crippen LogP contribution in [0, 0.1) is 23.7 Å². The zero-order chi connectivity index (χ0) is 79.5. The van der Waals surface area contributed by atoms with Gasteiger partial charge in [-0.15, -0.1) is 0 Å². The van der Waals surface area contributed by atoms with Crippen molar-refractivity contribution in [2.75, 3.05) is 39.6 Å². The maximum Gasteiger partial charge on any atom is 0.472 e. The highest BCUT2D eigenvalue weighted by Crippen LogP contribution is 2.45. The van der Waals surface area contributed by atoms with Gasteiger partial charge >= 0.3 is 39.5 Å². The average molecular weight is 1580 g/mol. The molecule has 0 aromatic heterocycles. The van der Waals surface area contributed by atoms with E-state index in [0.29, 0.717) is 25.7 Å². The molecule has 17 nitrogen and oxygen atoms in total. The summed E-state index contributed by atoms with van der Waals surface area (Å²) in [7, 11) is -9.93. The molecule has 3 unspecified atom stereocenters. The fraction of sp³-hybridized carbons (Fsp3) is 0.955. The number of ether oxygens (including phenoxy) is 4. The highest BCUT2D eigenvalue weighted by Gasteiger charge is 2.31. The summed E-state index contributed by atoms with van der Waals surface area (Å²) in [6, 6.07) is 0. The first-order valence-corrected chi connectivity index (χ1v) is 48.7. The lowest BCUT2D eigenvalue weighted by Gasteiger charge is -2.21. The van der Waals surface area contributed by atoms with Crippen molar-refractivity contribution in [1.82, 2.24) is 0 Å². The Morgan fingerprint density at radius 2 is 0.444 bits per heavy atom. The van der Waals surface area contributed by atoms with E-state index in [9.17, 15) is 43.2 Å². The van der Waals surface area contributed by atoms with Crippen LogP contribution in [0.2, 0.25) is 0 Å². The van der Waals surface area contributed by atoms with Crippen molar-refractivity contribution < 1.29 is 80.2 Å². The first-order valence-electron chi connectivity index (χ1n) is 45.7. The smallest absolute Gasteiger partial charge is 0.462 e. The fourth-order valence-corrected chi connectivity index (χ4v) is 15.4. The lowest BCUT2D eigenvalue weighted by molar-refractivity contribution is -0.161. The number of unbranched alkanes of at least 4 members (excludes halogenated alkanes) is 51. The van der Waals surface area contributed by atoms with Crippen molar-refractivity contribution in [3.63, 3.8) is 0 Å². The topological polar surface area (TPSA) is 237 Å². The largest absolute Gasteiger partial charge is 0.472 e. The van der Waals surface area contributed by atoms with Crippen molar-refractivity contribution in [2.45, 2.75) is 485 Å². The minimum atomic E-state index is -4.97. The third-order valence-electron chi connectivity index (χ3n) is 21.2. The lowest BCUT2D eigenvalue weighted by Crippen LogP contribution is -2.30. The third-order valence-corrected chi connectivity index (χ3v) is 23.1. The number of esters is 4. The fourth-order valence-electron chi connectivity index (χ4n) is 13.8. The second kappa shape index (κ2) is 77.6. The monoisotopic (exact) mass is 1580 g/mol. The summed E-state index contributed by atoms with van der Waals surface area (Å²) in [6.45, 7) is 14.4. The summed E-state index contributed by atoms with van der Waals surface area (Å²) in [5.41, 5.74) is 0. The van der Waals surface area contributed by atoms with E-state index in [1.54, 1.807) is 0 Å². The molecule has 3 N–H and O–H groups in total. The van der Waals surface area contributed by atoms with Crippen LogP contribution < -0.4 is 0 Å². The number of rotatable bonds is 86. The molecular formula is C89H174O17P2. The molecule has 0 aliphatic carbocycles. The van der Waals surface area contributed by atoms with Gasteiger partial charge < -0.3 is 33.8 Å². The SMILES string of the molecule is CCC(C)CCCCCCCCC(=O)OC[C@H](COP(=O)(O)OC[C@H](O)COP(=O)(O)OC[C@@H](COC(=O)CCCCCCCCCCCCCCCCCC(C)C)OC(=O)CCCCCCCCCCCCCCCCCCC(C)C)OC(=O)CCCCCCCCCCCCCCCCCCCCC(C)C. The Morgan fingerprint density at radius 1 is 0.259 bits per heavy atom. The number of hydrogen-bond acceptors (Lipinski definition) is 15. The first kappa shape index (κ1) is 106. The average Bonchev–Trinajstić information content (AvgIpc) is 0.900. The maximum atomic E-state index is 13.2. The van der Waals surface area contributed by atoms with Gasteiger partial charge in [0.1, 0.15) is 19.3 Å². The Bertz CT molecular complexity index is 2100. The molecule has 0 aliphatic heterocycles. The van der Waals surface area contributed by atoms with Crippen molar-refractivity contribution >= 4 is 39.5 Å². The summed E-state index contributed by atoms with van der Waals surface area (Å²) < 4.78 is 69.0. The Morgan fingerprint density at radius 3 is 0.657 bits per heavy atom. The molecule has 6 atom stereocenters. The molecule has 0 aromatic rings. The molecule has 0 aromatic carbocycles. The van der Waals surface area contributed by atoms with E-state index in [4.69, 9.17) is 37.0 Å². The van der Waals surface area contributed by atoms with Gasteiger partial charge in [-0.25, -0.2) is 9.13 Å². The lowest BCUT2D eigenvalue weighted by atomic mass is 10.00. The van der Waals surface area contributed by atoms with Crippen LogP contribution in [0.15, 0.2) is 0 Å². The van der Waals surface area contributed by atoms with E-state index in [1.807, 2.05) is 0 Å². The van der Waals surface area contributed by atoms with Gasteiger partial charge in [-0.3, -0.25) is 37.3 Å². The van der Waals surface area contributed by atoms with E-state index in [-0.39, 0.29) is 25.7 Å². The zero-order valence-electron chi connectivity index (χ0n) is 71.5. The molecule has 0 spiro atoms. The van der Waals surface area contributed by atoms with E-state index in [0.717, 1.165) is 120 Å². The van der Waals surface area contributed by atoms with Crippen LogP contribution in [0.25, 0.3) is 0 Å². The zero-order valence-corrected chi connectivity index (χ0v) is 73.3. The Hall–Kier alpha value is -1.94. The highest BCUT2D eigenvalue weighted by atomic mass is 31.2. The summed E-state index contributed by atoms with van der Waals surface area (Å²) in [6.07, 6.45) is 68.1. The molecule has 0 rings (SSSR count). The molecule has 0 aliphatic rings. The molecule has 0 heterocycles. The predicted molar refractivity (Wildman–Crippen MR) is 446 cm³/mol. The van der Waals surface area contributed by atoms with Gasteiger partial charge in [0.2, 0.25) is 0 Å². The first-order chi connectivity index (χ1) is 52.1. The second-order valence-corrected chi connectivity index (χ2v) is 36.6. The van der Waals surface area contributed by atoms with Gasteiger partial charge in [0.25, 0.3) is 0 Å². The van der Waals surface area contributed by atoms with Gasteiger partial charge in [-0.2, -0.15) is 0 Å². The summed E-state index contributed by atoms with van der Waals surface area (Å²) in [4.78, 5) is 73.3. The minimum Gasteiger partial charge on any atom is -0.462 e. The minimum absolute atomic E-state index is 0.107. The summed E-state index contributed by atoms with van der Waals surface area (Å²) >= 11 is 0. The van der Waals surface area contributed by atoms with Gasteiger partial charge in [0.15, 0.2) is 12.2 Å². The van der Waals surface area contributed by atoms with Crippen LogP contribution in [-0.2, 0) is 65.4 Å². The maximum absolute atomic E-state index is 13.2. The van der Waals surface area contributed by atoms with Crippen LogP contribution >= 0.6 is 15.6 Å². The molecule has 0 radical (unpaired) electrons. The number of carbonyl (C=O) groups is 4. The molecule has 108 heavy (non-hydrogen) atoms. The number of aliphatic hydroxyl groups is 1. The number of hydrogen-bond donors (Lipinski definition) is 3. The van der Waals surface area contributed by atoms with E-state index < -0.39 is 97.5 Å². The Labute approximate surface area is 664 Å². The number of phosphoric ester groups is 2. The van der Waals surface area contributed by atoms with Crippen molar-refractivity contribution in [2.24, 2.45) is 23.7 Å². The van der Waals surface area contributed by atoms with E-state index in [2.05, 4.69) is 55.4 Å². The molecular weight excluding hydrogens is 1400 g/mol. The third kappa shape index (κ3) is 80.7. The molecule has 19 heteroatoms. The van der Waals surface area contributed by atoms with Crippen LogP contribution in [0.3, 0.4) is 0 Å². The van der Waals surface area contributed by atoms with Crippen LogP contribution in [0.4, 0.5) is 0 Å². The molecule has 0 saturated heterocycles. The van der Waals surface area contributed by atoms with Gasteiger partial charge in [-0.1, -0.05) is 415 Å². The number of phosphoric acid groups is 2. The number of carbonyl (C=O) groups excluding carboxylic acids is 4. The number of aliphatic hydroxyl groups excluding tert-OH is 1. The van der Waals surface area contributed by atoms with Crippen LogP contribution in [0.5, 0.6) is 0 Å². The predicted octanol–water partition coefficient (Wildman–Crippen LogP) is 27.1.